The molecular weight excluding hydrogens is 386 g/mol. The van der Waals surface area contributed by atoms with Gasteiger partial charge in [0.25, 0.3) is 5.82 Å². The van der Waals surface area contributed by atoms with Crippen molar-refractivity contribution in [1.29, 1.82) is 0 Å². The second-order valence-corrected chi connectivity index (χ2v) is 7.14. The van der Waals surface area contributed by atoms with E-state index in [0.29, 0.717) is 39.8 Å². The van der Waals surface area contributed by atoms with Gasteiger partial charge < -0.3 is 5.21 Å². The summed E-state index contributed by atoms with van der Waals surface area (Å²) in [5, 5.41) is 12.3. The first kappa shape index (κ1) is 18.0. The fourth-order valence-corrected chi connectivity index (χ4v) is 3.77. The van der Waals surface area contributed by atoms with Crippen molar-refractivity contribution < 1.29 is 14.3 Å². The first-order chi connectivity index (χ1) is 10.3. The highest BCUT2D eigenvalue weighted by Gasteiger charge is 2.55. The Morgan fingerprint density at radius 3 is 2.70 bits per heavy atom. The number of halogens is 2. The standard InChI is InChI=1S/C14H15BrClN3O3.CH4/c1-7-5-10(15)8(2)19(22)12(7)18-13(20)11-6-9(16)3-4-17(11)14(18)21;/h5,9,11H,3-4,6H2,1-2H3;1H4. The SMILES string of the molecule is C.Cc1cc(Br)c(C)[n+]([O-])c1N1C(=O)C2CC(Cl)CCN2C1=O. The Morgan fingerprint density at radius 2 is 2.04 bits per heavy atom. The zero-order valence-corrected chi connectivity index (χ0v) is 14.5. The second-order valence-electron chi connectivity index (χ2n) is 5.67. The molecule has 23 heavy (non-hydrogen) atoms. The molecule has 2 unspecified atom stereocenters. The summed E-state index contributed by atoms with van der Waals surface area (Å²) in [6, 6.07) is 0.737. The van der Waals surface area contributed by atoms with Gasteiger partial charge in [-0.1, -0.05) is 7.43 Å². The molecule has 0 aromatic carbocycles. The zero-order chi connectivity index (χ0) is 16.2. The minimum atomic E-state index is -0.563. The topological polar surface area (TPSA) is 67.6 Å². The predicted molar refractivity (Wildman–Crippen MR) is 91.6 cm³/mol. The number of nitrogens with zero attached hydrogens (tertiary/aromatic N) is 3. The Morgan fingerprint density at radius 1 is 1.39 bits per heavy atom. The molecule has 0 aliphatic carbocycles. The summed E-state index contributed by atoms with van der Waals surface area (Å²) >= 11 is 9.42. The maximum Gasteiger partial charge on any atom is 0.419 e. The Balaban J connectivity index is 0.00000192. The fourth-order valence-electron chi connectivity index (χ4n) is 2.99. The molecule has 0 N–H and O–H groups in total. The van der Waals surface area contributed by atoms with Gasteiger partial charge in [0, 0.05) is 17.5 Å². The third kappa shape index (κ3) is 2.70. The van der Waals surface area contributed by atoms with Crippen molar-refractivity contribution in [2.45, 2.75) is 45.5 Å². The van der Waals surface area contributed by atoms with Crippen molar-refractivity contribution >= 4 is 45.3 Å². The number of urea groups is 1. The van der Waals surface area contributed by atoms with Crippen LogP contribution in [0.5, 0.6) is 0 Å². The van der Waals surface area contributed by atoms with Crippen LogP contribution in [0.15, 0.2) is 10.5 Å². The minimum Gasteiger partial charge on any atom is -0.710 e. The van der Waals surface area contributed by atoms with Gasteiger partial charge in [-0.15, -0.1) is 16.5 Å². The monoisotopic (exact) mass is 403 g/mol. The van der Waals surface area contributed by atoms with E-state index in [-0.39, 0.29) is 24.5 Å². The van der Waals surface area contributed by atoms with Crippen LogP contribution in [-0.2, 0) is 4.79 Å². The molecule has 0 spiro atoms. The maximum absolute atomic E-state index is 12.6. The van der Waals surface area contributed by atoms with Crippen LogP contribution in [0.3, 0.4) is 0 Å². The van der Waals surface area contributed by atoms with E-state index in [0.717, 1.165) is 4.90 Å². The molecule has 2 aliphatic rings. The number of pyridine rings is 1. The second kappa shape index (κ2) is 6.28. The summed E-state index contributed by atoms with van der Waals surface area (Å²) in [5.74, 6) is -0.291. The van der Waals surface area contributed by atoms with E-state index in [1.54, 1.807) is 19.9 Å². The third-order valence-corrected chi connectivity index (χ3v) is 5.43. The van der Waals surface area contributed by atoms with Crippen LogP contribution < -0.4 is 9.63 Å². The number of imide groups is 1. The number of aryl methyl sites for hydroxylation is 1. The minimum absolute atomic E-state index is 0. The predicted octanol–water partition coefficient (Wildman–Crippen LogP) is 2.87. The highest BCUT2D eigenvalue weighted by atomic mass is 79.9. The third-order valence-electron chi connectivity index (χ3n) is 4.23. The molecule has 2 atom stereocenters. The fraction of sp³-hybridized carbons (Fsp3) is 0.533. The number of carbonyl (C=O) groups excluding carboxylic acids is 2. The largest absolute Gasteiger partial charge is 0.710 e. The van der Waals surface area contributed by atoms with Gasteiger partial charge in [-0.3, -0.25) is 4.90 Å². The smallest absolute Gasteiger partial charge is 0.419 e. The number of aromatic nitrogens is 1. The lowest BCUT2D eigenvalue weighted by molar-refractivity contribution is -0.599. The van der Waals surface area contributed by atoms with Gasteiger partial charge in [-0.05, 0) is 48.7 Å². The van der Waals surface area contributed by atoms with Crippen molar-refractivity contribution in [2.24, 2.45) is 0 Å². The lowest BCUT2D eigenvalue weighted by Gasteiger charge is -2.27. The van der Waals surface area contributed by atoms with Gasteiger partial charge >= 0.3 is 11.9 Å². The molecule has 2 aliphatic heterocycles. The van der Waals surface area contributed by atoms with Gasteiger partial charge in [0.15, 0.2) is 0 Å². The quantitative estimate of drug-likeness (QED) is 0.313. The van der Waals surface area contributed by atoms with E-state index in [2.05, 4.69) is 15.9 Å². The lowest BCUT2D eigenvalue weighted by atomic mass is 10.0. The highest BCUT2D eigenvalue weighted by molar-refractivity contribution is 9.10. The van der Waals surface area contributed by atoms with Crippen LogP contribution in [-0.4, -0.2) is 34.8 Å². The molecule has 6 nitrogen and oxygen atoms in total. The molecule has 1 aromatic rings. The van der Waals surface area contributed by atoms with Crippen molar-refractivity contribution in [3.05, 3.63) is 27.0 Å². The molecule has 3 heterocycles. The normalized spacial score (nSPS) is 23.8. The van der Waals surface area contributed by atoms with E-state index in [1.807, 2.05) is 0 Å². The van der Waals surface area contributed by atoms with Gasteiger partial charge in [0.1, 0.15) is 11.7 Å². The van der Waals surface area contributed by atoms with Gasteiger partial charge in [-0.25, -0.2) is 14.3 Å². The number of fused-ring (bicyclic) bond motifs is 1. The first-order valence-corrected chi connectivity index (χ1v) is 8.23. The molecule has 2 fully saturated rings. The molecule has 0 radical (unpaired) electrons. The van der Waals surface area contributed by atoms with Gasteiger partial charge in [-0.2, -0.15) is 0 Å². The highest BCUT2D eigenvalue weighted by Crippen LogP contribution is 2.33. The molecule has 126 valence electrons. The Bertz CT molecular complexity index is 682. The number of piperidine rings is 1. The van der Waals surface area contributed by atoms with Crippen molar-refractivity contribution in [1.82, 2.24) is 4.90 Å². The van der Waals surface area contributed by atoms with E-state index in [9.17, 15) is 14.8 Å². The van der Waals surface area contributed by atoms with Crippen LogP contribution in [0.4, 0.5) is 10.6 Å². The van der Waals surface area contributed by atoms with Crippen LogP contribution in [0.2, 0.25) is 0 Å². The summed E-state index contributed by atoms with van der Waals surface area (Å²) in [5.41, 5.74) is 0.970. The molecule has 0 bridgehead atoms. The number of carbonyl (C=O) groups is 2. The lowest BCUT2D eigenvalue weighted by Crippen LogP contribution is -2.45. The van der Waals surface area contributed by atoms with Crippen LogP contribution in [0.1, 0.15) is 31.5 Å². The number of alkyl halides is 1. The number of rotatable bonds is 1. The number of anilines is 1. The molecule has 1 aromatic heterocycles. The van der Waals surface area contributed by atoms with Gasteiger partial charge in [0.2, 0.25) is 0 Å². The van der Waals surface area contributed by atoms with Gasteiger partial charge in [0.05, 0.1) is 4.47 Å². The number of amides is 3. The summed E-state index contributed by atoms with van der Waals surface area (Å²) in [7, 11) is 0. The number of hydrogen-bond acceptors (Lipinski definition) is 3. The van der Waals surface area contributed by atoms with Crippen molar-refractivity contribution in [2.75, 3.05) is 11.4 Å². The van der Waals surface area contributed by atoms with Crippen LogP contribution in [0.25, 0.3) is 0 Å². The molecule has 0 saturated carbocycles. The first-order valence-electron chi connectivity index (χ1n) is 7.00. The molecule has 3 rings (SSSR count). The van der Waals surface area contributed by atoms with Crippen molar-refractivity contribution in [3.8, 4) is 0 Å². The Kier molecular flexibility index (Phi) is 4.92. The van der Waals surface area contributed by atoms with E-state index < -0.39 is 12.1 Å². The summed E-state index contributed by atoms with van der Waals surface area (Å²) in [6.07, 6.45) is 1.08. The zero-order valence-electron chi connectivity index (χ0n) is 12.2. The maximum atomic E-state index is 12.6. The summed E-state index contributed by atoms with van der Waals surface area (Å²) in [4.78, 5) is 27.7. The molecule has 3 amide bonds. The Hall–Kier alpha value is -1.34. The molecule has 8 heteroatoms. The van der Waals surface area contributed by atoms with Crippen LogP contribution >= 0.6 is 27.5 Å². The summed E-state index contributed by atoms with van der Waals surface area (Å²) in [6.45, 7) is 3.77. The Labute approximate surface area is 148 Å². The molecule has 2 saturated heterocycles. The van der Waals surface area contributed by atoms with E-state index in [4.69, 9.17) is 11.6 Å². The van der Waals surface area contributed by atoms with Crippen molar-refractivity contribution in [3.63, 3.8) is 0 Å². The van der Waals surface area contributed by atoms with E-state index in [1.165, 1.54) is 4.90 Å². The van der Waals surface area contributed by atoms with E-state index >= 15 is 0 Å². The van der Waals surface area contributed by atoms with Crippen LogP contribution in [0, 0.1) is 19.1 Å². The molecular formula is C15H19BrClN3O3. The average Bonchev–Trinajstić information content (AvgIpc) is 2.70. The summed E-state index contributed by atoms with van der Waals surface area (Å²) < 4.78 is 1.27. The number of hydrogen-bond donors (Lipinski definition) is 0. The average molecular weight is 405 g/mol.